The van der Waals surface area contributed by atoms with E-state index in [2.05, 4.69) is 13.8 Å². The zero-order valence-corrected chi connectivity index (χ0v) is 8.39. The summed E-state index contributed by atoms with van der Waals surface area (Å²) in [6, 6.07) is 0. The summed E-state index contributed by atoms with van der Waals surface area (Å²) in [7, 11) is 1.24. The van der Waals surface area contributed by atoms with Crippen LogP contribution >= 0.6 is 27.9 Å². The molecule has 0 bridgehead atoms. The van der Waals surface area contributed by atoms with Gasteiger partial charge in [-0.3, -0.25) is 0 Å². The lowest BCUT2D eigenvalue weighted by atomic mass is 10.4. The second-order valence-corrected chi connectivity index (χ2v) is 9.79. The molecule has 0 amide bonds. The van der Waals surface area contributed by atoms with E-state index in [1.165, 1.54) is 17.4 Å². The van der Waals surface area contributed by atoms with Gasteiger partial charge in [0.2, 0.25) is 0 Å². The monoisotopic (exact) mass is 192 g/mol. The Bertz CT molecular complexity index is 90.0. The average Bonchev–Trinajstić information content (AvgIpc) is 1.65. The van der Waals surface area contributed by atoms with Crippen LogP contribution in [0.2, 0.25) is 0 Å². The lowest BCUT2D eigenvalue weighted by molar-refractivity contribution is 0.911. The Labute approximate surface area is 64.5 Å². The zero-order valence-electron chi connectivity index (χ0n) is 4.99. The fraction of sp³-hybridized carbons (Fsp3) is 1.00. The fourth-order valence-electron chi connectivity index (χ4n) is 0.258. The molecule has 0 N–H and O–H groups in total. The molecule has 0 aliphatic rings. The predicted octanol–water partition coefficient (Wildman–Crippen LogP) is 3.04. The molecule has 0 nitrogen and oxygen atoms in total. The van der Waals surface area contributed by atoms with Gasteiger partial charge < -0.3 is 0 Å². The highest BCUT2D eigenvalue weighted by Crippen LogP contribution is 2.36. The van der Waals surface area contributed by atoms with Crippen molar-refractivity contribution in [2.45, 2.75) is 25.5 Å². The highest BCUT2D eigenvalue weighted by molar-refractivity contribution is 8.35. The smallest absolute Gasteiger partial charge is 0.0689 e. The van der Waals surface area contributed by atoms with Crippen molar-refractivity contribution in [2.24, 2.45) is 0 Å². The minimum absolute atomic E-state index is 0.680. The van der Waals surface area contributed by atoms with Crippen LogP contribution in [0, 0.1) is 0 Å². The number of halogens is 2. The van der Waals surface area contributed by atoms with Crippen molar-refractivity contribution in [3.05, 3.63) is 0 Å². The molecule has 0 aromatic rings. The molecule has 8 heavy (non-hydrogen) atoms. The third kappa shape index (κ3) is 5.50. The second-order valence-electron chi connectivity index (χ2n) is 1.63. The van der Waals surface area contributed by atoms with Crippen LogP contribution in [-0.2, 0) is 10.9 Å². The van der Waals surface area contributed by atoms with Gasteiger partial charge in [-0.15, -0.1) is 0 Å². The highest BCUT2D eigenvalue weighted by Gasteiger charge is 1.90. The van der Waals surface area contributed by atoms with Gasteiger partial charge >= 0.3 is 0 Å². The molecule has 0 aromatic carbocycles. The number of rotatable bonds is 2. The zero-order chi connectivity index (χ0) is 6.57. The molecule has 0 saturated carbocycles. The Morgan fingerprint density at radius 3 is 2.25 bits per heavy atom. The molecule has 1 atom stereocenters. The first kappa shape index (κ1) is 9.36. The molecule has 0 heterocycles. The van der Waals surface area contributed by atoms with E-state index in [1.807, 2.05) is 0 Å². The van der Waals surface area contributed by atoms with Crippen LogP contribution in [0.5, 0.6) is 0 Å². The Morgan fingerprint density at radius 1 is 1.62 bits per heavy atom. The van der Waals surface area contributed by atoms with Gasteiger partial charge in [0, 0.05) is 0 Å². The van der Waals surface area contributed by atoms with Crippen LogP contribution in [0.15, 0.2) is 0 Å². The van der Waals surface area contributed by atoms with Gasteiger partial charge in [0.1, 0.15) is 0 Å². The van der Waals surface area contributed by atoms with E-state index >= 15 is 0 Å². The fourth-order valence-corrected chi connectivity index (χ4v) is 5.32. The first-order valence-electron chi connectivity index (χ1n) is 2.55. The molecule has 0 spiro atoms. The summed E-state index contributed by atoms with van der Waals surface area (Å²) in [5.74, 6) is 0. The van der Waals surface area contributed by atoms with Gasteiger partial charge in [0.15, 0.2) is 0 Å². The molecule has 0 radical (unpaired) electrons. The van der Waals surface area contributed by atoms with Crippen LogP contribution in [0.25, 0.3) is 0 Å². The third-order valence-electron chi connectivity index (χ3n) is 0.909. The SMILES string of the molecule is CCC(C)[SH]=[PH](Cl)Cl. The van der Waals surface area contributed by atoms with E-state index in [0.29, 0.717) is 5.25 Å². The average molecular weight is 193 g/mol. The second kappa shape index (κ2) is 5.17. The van der Waals surface area contributed by atoms with Gasteiger partial charge in [-0.25, -0.2) is 0 Å². The van der Waals surface area contributed by atoms with Gasteiger partial charge in [-0.1, -0.05) is 36.3 Å². The summed E-state index contributed by atoms with van der Waals surface area (Å²) < 4.78 is 0. The van der Waals surface area contributed by atoms with Crippen molar-refractivity contribution in [1.82, 2.24) is 0 Å². The third-order valence-corrected chi connectivity index (χ3v) is 5.57. The summed E-state index contributed by atoms with van der Waals surface area (Å²) in [5, 5.41) is -0.350. The van der Waals surface area contributed by atoms with Crippen molar-refractivity contribution in [2.75, 3.05) is 0 Å². The van der Waals surface area contributed by atoms with Crippen LogP contribution in [-0.4, -0.2) is 5.25 Å². The Balaban J connectivity index is 3.51. The molecule has 0 fully saturated rings. The van der Waals surface area contributed by atoms with E-state index in [4.69, 9.17) is 22.5 Å². The molecule has 0 aliphatic heterocycles. The van der Waals surface area contributed by atoms with Crippen LogP contribution in [0.3, 0.4) is 0 Å². The van der Waals surface area contributed by atoms with E-state index in [1.54, 1.807) is 0 Å². The molecule has 52 valence electrons. The van der Waals surface area contributed by atoms with Crippen molar-refractivity contribution >= 4 is 38.8 Å². The van der Waals surface area contributed by atoms with Gasteiger partial charge in [-0.2, -0.15) is 10.9 Å². The van der Waals surface area contributed by atoms with Crippen molar-refractivity contribution in [3.63, 3.8) is 0 Å². The molecule has 0 rings (SSSR count). The molecule has 0 aliphatic carbocycles. The maximum atomic E-state index is 5.61. The van der Waals surface area contributed by atoms with Gasteiger partial charge in [0.25, 0.3) is 0 Å². The van der Waals surface area contributed by atoms with Crippen LogP contribution in [0.1, 0.15) is 20.3 Å². The van der Waals surface area contributed by atoms with E-state index < -0.39 is 5.40 Å². The first-order chi connectivity index (χ1) is 3.66. The predicted molar refractivity (Wildman–Crippen MR) is 48.5 cm³/mol. The Kier molecular flexibility index (Phi) is 6.05. The van der Waals surface area contributed by atoms with Crippen LogP contribution < -0.4 is 0 Å². The summed E-state index contributed by atoms with van der Waals surface area (Å²) >= 11 is 11.2. The van der Waals surface area contributed by atoms with E-state index in [0.717, 1.165) is 0 Å². The molecule has 1 unspecified atom stereocenters. The molecular weight excluding hydrogens is 182 g/mol. The first-order valence-corrected chi connectivity index (χ1v) is 7.88. The topological polar surface area (TPSA) is 0 Å². The molecular formula is C4H11Cl2PS. The highest BCUT2D eigenvalue weighted by atomic mass is 35.9. The normalized spacial score (nSPS) is 14.6. The summed E-state index contributed by atoms with van der Waals surface area (Å²) in [6.07, 6.45) is 1.18. The van der Waals surface area contributed by atoms with Crippen molar-refractivity contribution in [3.8, 4) is 0 Å². The van der Waals surface area contributed by atoms with Gasteiger partial charge in [0.05, 0.1) is 5.40 Å². The van der Waals surface area contributed by atoms with Crippen molar-refractivity contribution < 1.29 is 0 Å². The maximum absolute atomic E-state index is 5.61. The van der Waals surface area contributed by atoms with Gasteiger partial charge in [-0.05, 0) is 11.7 Å². The van der Waals surface area contributed by atoms with E-state index in [9.17, 15) is 0 Å². The molecule has 0 aromatic heterocycles. The summed E-state index contributed by atoms with van der Waals surface area (Å²) in [5.41, 5.74) is 0. The Morgan fingerprint density at radius 2 is 2.12 bits per heavy atom. The molecule has 0 saturated heterocycles. The Hall–Kier alpha value is 1.36. The number of thiol groups is 1. The minimum atomic E-state index is -1.03. The number of hydrogen-bond acceptors (Lipinski definition) is 0. The summed E-state index contributed by atoms with van der Waals surface area (Å²) in [6.45, 7) is 4.31. The number of hydrogen-bond donors (Lipinski definition) is 1. The molecule has 4 heteroatoms. The largest absolute Gasteiger partial charge is 0.177 e. The quantitative estimate of drug-likeness (QED) is 0.505. The lowest BCUT2D eigenvalue weighted by Crippen LogP contribution is -1.92. The minimum Gasteiger partial charge on any atom is -0.177 e. The lowest BCUT2D eigenvalue weighted by Gasteiger charge is -1.99. The van der Waals surface area contributed by atoms with Crippen molar-refractivity contribution in [1.29, 1.82) is 0 Å². The standard InChI is InChI=1S/C4H11Cl2PS/c1-3-4(2)8-7(5)6/h4,7-8H,3H2,1-2H3. The van der Waals surface area contributed by atoms with E-state index in [-0.39, 0.29) is 0 Å². The maximum Gasteiger partial charge on any atom is 0.0689 e. The van der Waals surface area contributed by atoms with Crippen LogP contribution in [0.4, 0.5) is 0 Å². The summed E-state index contributed by atoms with van der Waals surface area (Å²) in [4.78, 5) is 0.